The lowest BCUT2D eigenvalue weighted by Crippen LogP contribution is -2.27. The molecule has 0 radical (unpaired) electrons. The molecule has 0 spiro atoms. The number of carbonyl (C=O) groups excluding carboxylic acids is 2. The Hall–Kier alpha value is -1.02. The summed E-state index contributed by atoms with van der Waals surface area (Å²) in [6, 6.07) is 0.275. The van der Waals surface area contributed by atoms with Gasteiger partial charge in [-0.25, -0.2) is 0 Å². The summed E-state index contributed by atoms with van der Waals surface area (Å²) >= 11 is 7.36. The Morgan fingerprint density at radius 1 is 1.38 bits per heavy atom. The lowest BCUT2D eigenvalue weighted by molar-refractivity contribution is -0.119. The number of rotatable bonds is 1. The predicted molar refractivity (Wildman–Crippen MR) is 71.3 cm³/mol. The second kappa shape index (κ2) is 14.0. The molecule has 0 aliphatic heterocycles. The fraction of sp³-hybridized carbons (Fsp3) is 0.625. The summed E-state index contributed by atoms with van der Waals surface area (Å²) in [6.07, 6.45) is 0. The van der Waals surface area contributed by atoms with E-state index in [9.17, 15) is 4.79 Å². The molecule has 0 aromatic carbocycles. The number of thiocarbonyl (C=S) groups is 1. The van der Waals surface area contributed by atoms with Gasteiger partial charge in [-0.1, -0.05) is 12.6 Å². The van der Waals surface area contributed by atoms with E-state index in [1.54, 1.807) is 0 Å². The van der Waals surface area contributed by atoms with Gasteiger partial charge in [-0.05, 0) is 26.1 Å². The molecule has 0 aromatic heterocycles. The number of hydrogen-bond donors (Lipinski definition) is 4. The van der Waals surface area contributed by atoms with Gasteiger partial charge in [0.05, 0.1) is 7.11 Å². The third kappa shape index (κ3) is 75.1. The summed E-state index contributed by atoms with van der Waals surface area (Å²) in [5.41, 5.74) is 9.14. The highest BCUT2D eigenvalue weighted by Crippen LogP contribution is 1.72. The standard InChI is InChI=1S/C5H11NO.C2H5NOS.CH3NOS/c1-4(2)6-5(3)7;1-4-2(3)5;2-1(3)4/h4H,1-3H3,(H,6,7);1H3,(H2,3,5);(H3,2,3,4). The SMILES string of the molecule is CC(=O)NC(C)C.COC(N)=S.NC(=O)S. The molecule has 0 aliphatic carbocycles. The first-order valence-electron chi connectivity index (χ1n) is 4.22. The average molecular weight is 269 g/mol. The van der Waals surface area contributed by atoms with Crippen LogP contribution in [0.3, 0.4) is 0 Å². The number of ether oxygens (including phenoxy) is 1. The molecule has 0 bridgehead atoms. The zero-order valence-electron chi connectivity index (χ0n) is 9.81. The summed E-state index contributed by atoms with van der Waals surface area (Å²) in [5, 5.41) is 2.12. The van der Waals surface area contributed by atoms with Crippen LogP contribution < -0.4 is 16.8 Å². The van der Waals surface area contributed by atoms with Gasteiger partial charge in [0.15, 0.2) is 0 Å². The third-order valence-electron chi connectivity index (χ3n) is 0.693. The number of carbonyl (C=O) groups is 2. The van der Waals surface area contributed by atoms with Gasteiger partial charge in [-0.3, -0.25) is 9.59 Å². The molecule has 0 atom stereocenters. The zero-order chi connectivity index (χ0) is 13.7. The van der Waals surface area contributed by atoms with Crippen molar-refractivity contribution in [3.8, 4) is 0 Å². The van der Waals surface area contributed by atoms with Crippen LogP contribution in [0, 0.1) is 0 Å². The number of primary amides is 1. The van der Waals surface area contributed by atoms with Crippen LogP contribution in [0.15, 0.2) is 0 Å². The number of amides is 2. The molecule has 8 heteroatoms. The van der Waals surface area contributed by atoms with Gasteiger partial charge in [-0.2, -0.15) is 0 Å². The molecule has 0 heterocycles. The molecule has 0 fully saturated rings. The quantitative estimate of drug-likeness (QED) is 0.407. The summed E-state index contributed by atoms with van der Waals surface area (Å²) in [7, 11) is 1.43. The van der Waals surface area contributed by atoms with E-state index in [4.69, 9.17) is 10.5 Å². The molecule has 0 rings (SSSR count). The van der Waals surface area contributed by atoms with E-state index in [2.05, 4.69) is 40.6 Å². The lowest BCUT2D eigenvalue weighted by Gasteiger charge is -2.02. The molecular formula is C8H19N3O3S2. The van der Waals surface area contributed by atoms with Crippen LogP contribution in [0.4, 0.5) is 4.79 Å². The van der Waals surface area contributed by atoms with E-state index >= 15 is 0 Å². The van der Waals surface area contributed by atoms with Crippen molar-refractivity contribution in [3.05, 3.63) is 0 Å². The van der Waals surface area contributed by atoms with Crippen LogP contribution in [-0.4, -0.2) is 29.5 Å². The molecule has 96 valence electrons. The highest BCUT2D eigenvalue weighted by atomic mass is 32.1. The lowest BCUT2D eigenvalue weighted by atomic mass is 10.4. The second-order valence-corrected chi connectivity index (χ2v) is 3.56. The highest BCUT2D eigenvalue weighted by molar-refractivity contribution is 7.96. The summed E-state index contributed by atoms with van der Waals surface area (Å²) < 4.78 is 4.26. The first kappa shape index (κ1) is 20.4. The van der Waals surface area contributed by atoms with Crippen LogP contribution in [0.5, 0.6) is 0 Å². The van der Waals surface area contributed by atoms with Gasteiger partial charge >= 0.3 is 0 Å². The van der Waals surface area contributed by atoms with Crippen LogP contribution in [0.2, 0.25) is 0 Å². The normalized spacial score (nSPS) is 7.62. The van der Waals surface area contributed by atoms with E-state index in [0.29, 0.717) is 0 Å². The topological polar surface area (TPSA) is 107 Å². The molecule has 0 saturated heterocycles. The summed E-state index contributed by atoms with van der Waals surface area (Å²) in [6.45, 7) is 5.38. The van der Waals surface area contributed by atoms with Gasteiger partial charge < -0.3 is 21.5 Å². The first-order chi connectivity index (χ1) is 7.13. The monoisotopic (exact) mass is 269 g/mol. The van der Waals surface area contributed by atoms with E-state index in [-0.39, 0.29) is 17.1 Å². The minimum atomic E-state index is -0.639. The Bertz CT molecular complexity index is 219. The molecule has 16 heavy (non-hydrogen) atoms. The number of thiol groups is 1. The Labute approximate surface area is 106 Å². The molecule has 2 amide bonds. The van der Waals surface area contributed by atoms with Crippen molar-refractivity contribution in [2.24, 2.45) is 11.5 Å². The zero-order valence-corrected chi connectivity index (χ0v) is 11.5. The van der Waals surface area contributed by atoms with Gasteiger partial charge in [0, 0.05) is 13.0 Å². The minimum absolute atomic E-state index is 0.0370. The summed E-state index contributed by atoms with van der Waals surface area (Å²) in [4.78, 5) is 19.2. The molecule has 0 saturated carbocycles. The van der Waals surface area contributed by atoms with Crippen LogP contribution in [0.1, 0.15) is 20.8 Å². The van der Waals surface area contributed by atoms with Gasteiger partial charge in [-0.15, -0.1) is 0 Å². The van der Waals surface area contributed by atoms with Crippen LogP contribution >= 0.6 is 24.8 Å². The maximum absolute atomic E-state index is 10.1. The van der Waals surface area contributed by atoms with E-state index in [0.717, 1.165) is 0 Å². The second-order valence-electron chi connectivity index (χ2n) is 2.72. The fourth-order valence-corrected chi connectivity index (χ4v) is 0.407. The maximum Gasteiger partial charge on any atom is 0.273 e. The van der Waals surface area contributed by atoms with Crippen molar-refractivity contribution >= 4 is 41.2 Å². The maximum atomic E-state index is 10.1. The number of hydrogen-bond acceptors (Lipinski definition) is 4. The molecule has 0 unspecified atom stereocenters. The third-order valence-corrected chi connectivity index (χ3v) is 0.860. The molecule has 6 nitrogen and oxygen atoms in total. The van der Waals surface area contributed by atoms with Crippen molar-refractivity contribution < 1.29 is 14.3 Å². The van der Waals surface area contributed by atoms with Crippen molar-refractivity contribution in [3.63, 3.8) is 0 Å². The van der Waals surface area contributed by atoms with Gasteiger partial charge in [0.25, 0.3) is 10.4 Å². The van der Waals surface area contributed by atoms with Crippen molar-refractivity contribution in [2.45, 2.75) is 26.8 Å². The number of nitrogens with two attached hydrogens (primary N) is 2. The number of nitrogens with one attached hydrogen (secondary N) is 1. The summed E-state index contributed by atoms with van der Waals surface area (Å²) in [5.74, 6) is 0.0370. The molecular weight excluding hydrogens is 250 g/mol. The van der Waals surface area contributed by atoms with Crippen LogP contribution in [-0.2, 0) is 9.53 Å². The molecule has 0 aliphatic rings. The molecule has 5 N–H and O–H groups in total. The first-order valence-corrected chi connectivity index (χ1v) is 5.07. The van der Waals surface area contributed by atoms with E-state index < -0.39 is 5.24 Å². The Morgan fingerprint density at radius 2 is 1.62 bits per heavy atom. The Balaban J connectivity index is -0.000000166. The smallest absolute Gasteiger partial charge is 0.273 e. The van der Waals surface area contributed by atoms with Crippen LogP contribution in [0.25, 0.3) is 0 Å². The van der Waals surface area contributed by atoms with Gasteiger partial charge in [0.2, 0.25) is 5.91 Å². The number of methoxy groups -OCH3 is 1. The fourth-order valence-electron chi connectivity index (χ4n) is 0.407. The predicted octanol–water partition coefficient (Wildman–Crippen LogP) is 0.402. The van der Waals surface area contributed by atoms with E-state index in [1.807, 2.05) is 13.8 Å². The van der Waals surface area contributed by atoms with Gasteiger partial charge in [0.1, 0.15) is 0 Å². The van der Waals surface area contributed by atoms with Crippen molar-refractivity contribution in [1.82, 2.24) is 5.32 Å². The average Bonchev–Trinajstić information content (AvgIpc) is 2.01. The van der Waals surface area contributed by atoms with Crippen molar-refractivity contribution in [1.29, 1.82) is 0 Å². The van der Waals surface area contributed by atoms with Crippen molar-refractivity contribution in [2.75, 3.05) is 7.11 Å². The Morgan fingerprint density at radius 3 is 1.62 bits per heavy atom. The van der Waals surface area contributed by atoms with E-state index in [1.165, 1.54) is 14.0 Å². The largest absolute Gasteiger partial charge is 0.475 e. The highest BCUT2D eigenvalue weighted by Gasteiger charge is 1.90. The molecule has 0 aromatic rings. The minimum Gasteiger partial charge on any atom is -0.475 e. The Kier molecular flexibility index (Phi) is 17.8.